The number of pyridine rings is 1. The second-order valence-electron chi connectivity index (χ2n) is 6.53. The van der Waals surface area contributed by atoms with Crippen LogP contribution < -0.4 is 9.64 Å². The molecule has 1 N–H and O–H groups in total. The average Bonchev–Trinajstić information content (AvgIpc) is 2.67. The summed E-state index contributed by atoms with van der Waals surface area (Å²) in [6.07, 6.45) is 7.93. The third-order valence-electron chi connectivity index (χ3n) is 4.50. The fourth-order valence-corrected chi connectivity index (χ4v) is 3.33. The van der Waals surface area contributed by atoms with Gasteiger partial charge >= 0.3 is 0 Å². The topological polar surface area (TPSA) is 91.7 Å². The predicted molar refractivity (Wildman–Crippen MR) is 96.2 cm³/mol. The van der Waals surface area contributed by atoms with Crippen LogP contribution in [0.3, 0.4) is 0 Å². The predicted octanol–water partition coefficient (Wildman–Crippen LogP) is 0.984. The number of likely N-dealkylation sites (N-methyl/N-ethyl adjacent to an activating group) is 1. The van der Waals surface area contributed by atoms with Crippen LogP contribution in [0.15, 0.2) is 36.9 Å². The van der Waals surface area contributed by atoms with Crippen molar-refractivity contribution in [2.75, 3.05) is 38.7 Å². The molecule has 0 bridgehead atoms. The number of rotatable bonds is 5. The number of hydrogen-bond acceptors (Lipinski definition) is 7. The Balaban J connectivity index is 1.71. The van der Waals surface area contributed by atoms with E-state index >= 15 is 0 Å². The summed E-state index contributed by atoms with van der Waals surface area (Å²) in [5, 5.41) is 11.1. The Morgan fingerprint density at radius 2 is 2.23 bits per heavy atom. The zero-order valence-electron chi connectivity index (χ0n) is 15.0. The molecule has 2 aromatic rings. The van der Waals surface area contributed by atoms with E-state index in [9.17, 15) is 9.90 Å². The fraction of sp³-hybridized carbons (Fsp3) is 0.444. The molecule has 0 aliphatic carbocycles. The minimum absolute atomic E-state index is 0.209. The highest BCUT2D eigenvalue weighted by Crippen LogP contribution is 2.26. The molecule has 8 heteroatoms. The molecule has 1 saturated heterocycles. The molecule has 1 aliphatic heterocycles. The van der Waals surface area contributed by atoms with Gasteiger partial charge in [-0.15, -0.1) is 0 Å². The summed E-state index contributed by atoms with van der Waals surface area (Å²) < 4.78 is 5.16. The highest BCUT2D eigenvalue weighted by Gasteiger charge is 2.36. The largest absolute Gasteiger partial charge is 0.480 e. The minimum Gasteiger partial charge on any atom is -0.480 e. The van der Waals surface area contributed by atoms with Gasteiger partial charge in [-0.3, -0.25) is 9.78 Å². The Bertz CT molecular complexity index is 758. The zero-order valence-corrected chi connectivity index (χ0v) is 15.0. The Labute approximate surface area is 152 Å². The monoisotopic (exact) mass is 357 g/mol. The standard InChI is InChI=1S/C18H23N5O3/c1-22(17(24)14-5-3-7-21-16(14)26-2)12-18(25)6-4-10-23(13-18)15-11-19-8-9-20-15/h3,5,7-9,11,25H,4,6,10,12-13H2,1-2H3. The van der Waals surface area contributed by atoms with E-state index in [0.29, 0.717) is 18.5 Å². The van der Waals surface area contributed by atoms with Gasteiger partial charge in [0.2, 0.25) is 5.88 Å². The van der Waals surface area contributed by atoms with Crippen LogP contribution in [-0.4, -0.2) is 70.3 Å². The van der Waals surface area contributed by atoms with Crippen LogP contribution in [0, 0.1) is 0 Å². The summed E-state index contributed by atoms with van der Waals surface area (Å²) in [5.41, 5.74) is -0.641. The number of anilines is 1. The molecular weight excluding hydrogens is 334 g/mol. The van der Waals surface area contributed by atoms with Crippen LogP contribution in [0.5, 0.6) is 5.88 Å². The molecule has 0 saturated carbocycles. The van der Waals surface area contributed by atoms with Crippen LogP contribution in [0.25, 0.3) is 0 Å². The second-order valence-corrected chi connectivity index (χ2v) is 6.53. The van der Waals surface area contributed by atoms with Crippen LogP contribution in [0.2, 0.25) is 0 Å². The van der Waals surface area contributed by atoms with Crippen LogP contribution in [0.1, 0.15) is 23.2 Å². The summed E-state index contributed by atoms with van der Waals surface area (Å²) in [4.78, 5) is 28.7. The van der Waals surface area contributed by atoms with Gasteiger partial charge in [0.05, 0.1) is 25.5 Å². The molecule has 1 unspecified atom stereocenters. The number of carbonyl (C=O) groups is 1. The zero-order chi connectivity index (χ0) is 18.6. The summed E-state index contributed by atoms with van der Waals surface area (Å²) in [6.45, 7) is 1.41. The molecule has 3 heterocycles. The molecule has 1 amide bonds. The van der Waals surface area contributed by atoms with Crippen molar-refractivity contribution in [3.8, 4) is 5.88 Å². The number of aromatic nitrogens is 3. The average molecular weight is 357 g/mol. The van der Waals surface area contributed by atoms with Gasteiger partial charge in [0.25, 0.3) is 5.91 Å². The molecule has 1 atom stereocenters. The number of amides is 1. The second kappa shape index (κ2) is 7.65. The van der Waals surface area contributed by atoms with E-state index in [4.69, 9.17) is 4.74 Å². The highest BCUT2D eigenvalue weighted by atomic mass is 16.5. The van der Waals surface area contributed by atoms with Gasteiger partial charge in [0, 0.05) is 38.7 Å². The summed E-state index contributed by atoms with van der Waals surface area (Å²) in [6, 6.07) is 3.36. The molecule has 3 rings (SSSR count). The summed E-state index contributed by atoms with van der Waals surface area (Å²) in [5.74, 6) is 0.773. The number of β-amino-alcohol motifs (C(OH)–C–C–N with tert-alkyl or cyclic N) is 1. The Kier molecular flexibility index (Phi) is 5.32. The molecule has 2 aromatic heterocycles. The number of aliphatic hydroxyl groups is 1. The smallest absolute Gasteiger partial charge is 0.259 e. The van der Waals surface area contributed by atoms with Crippen molar-refractivity contribution in [1.29, 1.82) is 0 Å². The van der Waals surface area contributed by atoms with E-state index in [0.717, 1.165) is 18.8 Å². The lowest BCUT2D eigenvalue weighted by Crippen LogP contribution is -2.55. The number of piperidine rings is 1. The number of ether oxygens (including phenoxy) is 1. The number of methoxy groups -OCH3 is 1. The SMILES string of the molecule is COc1ncccc1C(=O)N(C)CC1(O)CCCN(c2cnccn2)C1. The summed E-state index contributed by atoms with van der Waals surface area (Å²) >= 11 is 0. The van der Waals surface area contributed by atoms with E-state index in [1.165, 1.54) is 12.0 Å². The fourth-order valence-electron chi connectivity index (χ4n) is 3.33. The number of hydrogen-bond donors (Lipinski definition) is 1. The van der Waals surface area contributed by atoms with Gasteiger partial charge in [0.15, 0.2) is 0 Å². The van der Waals surface area contributed by atoms with E-state index in [1.807, 2.05) is 4.90 Å². The number of nitrogens with zero attached hydrogens (tertiary/aromatic N) is 5. The molecule has 0 aromatic carbocycles. The summed E-state index contributed by atoms with van der Waals surface area (Å²) in [7, 11) is 3.15. The lowest BCUT2D eigenvalue weighted by molar-refractivity contribution is -0.000242. The first kappa shape index (κ1) is 18.1. The van der Waals surface area contributed by atoms with Gasteiger partial charge in [-0.2, -0.15) is 0 Å². The first-order valence-corrected chi connectivity index (χ1v) is 8.50. The molecule has 1 fully saturated rings. The molecule has 0 spiro atoms. The maximum absolute atomic E-state index is 12.8. The van der Waals surface area contributed by atoms with Gasteiger partial charge in [-0.1, -0.05) is 0 Å². The Hall–Kier alpha value is -2.74. The Morgan fingerprint density at radius 1 is 1.38 bits per heavy atom. The minimum atomic E-state index is -1.02. The van der Waals surface area contributed by atoms with Crippen LogP contribution in [0.4, 0.5) is 5.82 Å². The quantitative estimate of drug-likeness (QED) is 0.853. The van der Waals surface area contributed by atoms with E-state index in [-0.39, 0.29) is 18.3 Å². The van der Waals surface area contributed by atoms with Crippen LogP contribution >= 0.6 is 0 Å². The maximum atomic E-state index is 12.8. The van der Waals surface area contributed by atoms with Crippen molar-refractivity contribution in [1.82, 2.24) is 19.9 Å². The van der Waals surface area contributed by atoms with E-state index < -0.39 is 5.60 Å². The molecule has 8 nitrogen and oxygen atoms in total. The maximum Gasteiger partial charge on any atom is 0.259 e. The highest BCUT2D eigenvalue weighted by molar-refractivity contribution is 5.96. The molecule has 1 aliphatic rings. The molecule has 0 radical (unpaired) electrons. The van der Waals surface area contributed by atoms with Crippen molar-refractivity contribution in [2.24, 2.45) is 0 Å². The van der Waals surface area contributed by atoms with Gasteiger partial charge in [-0.05, 0) is 25.0 Å². The van der Waals surface area contributed by atoms with E-state index in [2.05, 4.69) is 15.0 Å². The van der Waals surface area contributed by atoms with E-state index in [1.54, 1.807) is 44.0 Å². The lowest BCUT2D eigenvalue weighted by Gasteiger charge is -2.41. The normalized spacial score (nSPS) is 19.9. The number of carbonyl (C=O) groups excluding carboxylic acids is 1. The van der Waals surface area contributed by atoms with Crippen LogP contribution in [-0.2, 0) is 0 Å². The lowest BCUT2D eigenvalue weighted by atomic mass is 9.92. The third-order valence-corrected chi connectivity index (χ3v) is 4.50. The molecule has 26 heavy (non-hydrogen) atoms. The van der Waals surface area contributed by atoms with Gasteiger partial charge in [0.1, 0.15) is 11.4 Å². The van der Waals surface area contributed by atoms with Crippen molar-refractivity contribution in [3.05, 3.63) is 42.5 Å². The van der Waals surface area contributed by atoms with Crippen molar-refractivity contribution in [3.63, 3.8) is 0 Å². The first-order chi connectivity index (χ1) is 12.5. The van der Waals surface area contributed by atoms with Gasteiger partial charge in [-0.25, -0.2) is 9.97 Å². The third kappa shape index (κ3) is 3.91. The van der Waals surface area contributed by atoms with Crippen molar-refractivity contribution in [2.45, 2.75) is 18.4 Å². The van der Waals surface area contributed by atoms with Gasteiger partial charge < -0.3 is 19.6 Å². The first-order valence-electron chi connectivity index (χ1n) is 8.50. The van der Waals surface area contributed by atoms with Crippen molar-refractivity contribution >= 4 is 11.7 Å². The Morgan fingerprint density at radius 3 is 2.96 bits per heavy atom. The molecule has 138 valence electrons. The van der Waals surface area contributed by atoms with Crippen molar-refractivity contribution < 1.29 is 14.6 Å². The molecular formula is C18H23N5O3.